The fourth-order valence-corrected chi connectivity index (χ4v) is 2.35. The number of carbonyl (C=O) groups excluding carboxylic acids is 1. The van der Waals surface area contributed by atoms with Crippen molar-refractivity contribution in [2.75, 3.05) is 26.4 Å². The lowest BCUT2D eigenvalue weighted by atomic mass is 10.1. The molecule has 1 N–H and O–H groups in total. The van der Waals surface area contributed by atoms with Crippen molar-refractivity contribution in [1.82, 2.24) is 4.90 Å². The van der Waals surface area contributed by atoms with Crippen molar-refractivity contribution in [3.05, 3.63) is 29.3 Å². The van der Waals surface area contributed by atoms with Gasteiger partial charge in [-0.1, -0.05) is 18.2 Å². The Bertz CT molecular complexity index is 523. The molecular formula is C15H19NO5. The van der Waals surface area contributed by atoms with Gasteiger partial charge in [0.1, 0.15) is 5.75 Å². The van der Waals surface area contributed by atoms with Gasteiger partial charge < -0.3 is 19.5 Å². The number of nitrogens with zero attached hydrogens (tertiary/aromatic N) is 1. The Balaban J connectivity index is 2.02. The van der Waals surface area contributed by atoms with E-state index in [9.17, 15) is 9.59 Å². The lowest BCUT2D eigenvalue weighted by Gasteiger charge is -2.32. The molecule has 1 aromatic carbocycles. The van der Waals surface area contributed by atoms with Crippen LogP contribution in [0.4, 0.5) is 0 Å². The average Bonchev–Trinajstić information content (AvgIpc) is 2.46. The van der Waals surface area contributed by atoms with Gasteiger partial charge >= 0.3 is 5.97 Å². The molecule has 1 aliphatic heterocycles. The van der Waals surface area contributed by atoms with E-state index in [4.69, 9.17) is 14.6 Å². The summed E-state index contributed by atoms with van der Waals surface area (Å²) in [5, 5.41) is 9.12. The molecule has 0 bridgehead atoms. The van der Waals surface area contributed by atoms with Crippen molar-refractivity contribution in [2.24, 2.45) is 0 Å². The fraction of sp³-hybridized carbons (Fsp3) is 0.467. The number of ether oxygens (including phenoxy) is 2. The number of morpholine rings is 1. The molecule has 6 nitrogen and oxygen atoms in total. The highest BCUT2D eigenvalue weighted by atomic mass is 16.5. The summed E-state index contributed by atoms with van der Waals surface area (Å²) >= 11 is 0. The molecule has 1 aromatic rings. The van der Waals surface area contributed by atoms with Crippen LogP contribution in [0.25, 0.3) is 0 Å². The number of amides is 1. The summed E-state index contributed by atoms with van der Waals surface area (Å²) in [4.78, 5) is 24.6. The van der Waals surface area contributed by atoms with Gasteiger partial charge in [-0.05, 0) is 25.0 Å². The highest BCUT2D eigenvalue weighted by molar-refractivity contribution is 5.84. The van der Waals surface area contributed by atoms with E-state index in [2.05, 4.69) is 0 Å². The highest BCUT2D eigenvalue weighted by Crippen LogP contribution is 2.22. The molecule has 1 fully saturated rings. The van der Waals surface area contributed by atoms with Crippen molar-refractivity contribution >= 4 is 11.9 Å². The monoisotopic (exact) mass is 293 g/mol. The summed E-state index contributed by atoms with van der Waals surface area (Å²) in [6.45, 7) is 4.27. The Morgan fingerprint density at radius 3 is 2.67 bits per heavy atom. The van der Waals surface area contributed by atoms with Crippen LogP contribution in [-0.4, -0.2) is 54.3 Å². The molecule has 1 saturated heterocycles. The van der Waals surface area contributed by atoms with Crippen molar-refractivity contribution in [3.8, 4) is 5.75 Å². The minimum atomic E-state index is -1.06. The third kappa shape index (κ3) is 3.52. The minimum Gasteiger partial charge on any atom is -0.483 e. The van der Waals surface area contributed by atoms with Gasteiger partial charge in [-0.25, -0.2) is 4.79 Å². The van der Waals surface area contributed by atoms with E-state index < -0.39 is 12.0 Å². The largest absolute Gasteiger partial charge is 0.483 e. The van der Waals surface area contributed by atoms with Gasteiger partial charge in [-0.2, -0.15) is 0 Å². The summed E-state index contributed by atoms with van der Waals surface area (Å²) in [7, 11) is 0. The molecule has 1 aliphatic rings. The molecule has 0 saturated carbocycles. The second-order valence-corrected chi connectivity index (χ2v) is 5.03. The smallest absolute Gasteiger partial charge is 0.328 e. The van der Waals surface area contributed by atoms with Gasteiger partial charge in [0, 0.05) is 6.54 Å². The number of hydrogen-bond donors (Lipinski definition) is 1. The van der Waals surface area contributed by atoms with Crippen LogP contribution in [0.2, 0.25) is 0 Å². The molecule has 0 radical (unpaired) electrons. The zero-order valence-corrected chi connectivity index (χ0v) is 12.2. The maximum Gasteiger partial charge on any atom is 0.328 e. The van der Waals surface area contributed by atoms with Gasteiger partial charge in [0.2, 0.25) is 0 Å². The number of aliphatic carboxylic acids is 1. The van der Waals surface area contributed by atoms with Crippen molar-refractivity contribution in [3.63, 3.8) is 0 Å². The number of benzene rings is 1. The standard InChI is InChI=1S/C15H19NO5/c1-10-4-3-5-11(2)14(10)21-9-13(17)16-6-7-20-8-12(16)15(18)19/h3-5,12H,6-9H2,1-2H3,(H,18,19)/t12-/m0/s1. The Morgan fingerprint density at radius 2 is 2.05 bits per heavy atom. The molecular weight excluding hydrogens is 274 g/mol. The molecule has 0 aliphatic carbocycles. The molecule has 0 spiro atoms. The Morgan fingerprint density at radius 1 is 1.38 bits per heavy atom. The zero-order chi connectivity index (χ0) is 15.4. The SMILES string of the molecule is Cc1cccc(C)c1OCC(=O)N1CCOC[C@H]1C(=O)O. The van der Waals surface area contributed by atoms with Crippen molar-refractivity contribution in [1.29, 1.82) is 0 Å². The fourth-order valence-electron chi connectivity index (χ4n) is 2.35. The van der Waals surface area contributed by atoms with E-state index in [0.29, 0.717) is 12.4 Å². The molecule has 1 atom stereocenters. The number of carboxylic acid groups (broad SMARTS) is 1. The number of carbonyl (C=O) groups is 2. The molecule has 1 heterocycles. The van der Waals surface area contributed by atoms with E-state index in [-0.39, 0.29) is 25.7 Å². The van der Waals surface area contributed by atoms with E-state index in [1.165, 1.54) is 4.90 Å². The first-order valence-corrected chi connectivity index (χ1v) is 6.79. The van der Waals surface area contributed by atoms with Gasteiger partial charge in [0.25, 0.3) is 5.91 Å². The Labute approximate surface area is 123 Å². The van der Waals surface area contributed by atoms with E-state index in [0.717, 1.165) is 11.1 Å². The number of hydrogen-bond acceptors (Lipinski definition) is 4. The molecule has 114 valence electrons. The summed E-state index contributed by atoms with van der Waals surface area (Å²) in [5.74, 6) is -0.727. The predicted molar refractivity (Wildman–Crippen MR) is 75.4 cm³/mol. The lowest BCUT2D eigenvalue weighted by molar-refractivity contribution is -0.159. The van der Waals surface area contributed by atoms with Crippen LogP contribution in [-0.2, 0) is 14.3 Å². The van der Waals surface area contributed by atoms with E-state index in [1.54, 1.807) is 0 Å². The zero-order valence-electron chi connectivity index (χ0n) is 12.2. The van der Waals surface area contributed by atoms with Gasteiger partial charge in [-0.15, -0.1) is 0 Å². The number of aryl methyl sites for hydroxylation is 2. The third-order valence-corrected chi connectivity index (χ3v) is 3.48. The first-order chi connectivity index (χ1) is 10.0. The molecule has 6 heteroatoms. The maximum atomic E-state index is 12.2. The molecule has 1 amide bonds. The van der Waals surface area contributed by atoms with Crippen LogP contribution in [0.3, 0.4) is 0 Å². The Kier molecular flexibility index (Phi) is 4.80. The van der Waals surface area contributed by atoms with Crippen LogP contribution in [0.5, 0.6) is 5.75 Å². The third-order valence-electron chi connectivity index (χ3n) is 3.48. The Hall–Kier alpha value is -2.08. The van der Waals surface area contributed by atoms with Crippen LogP contribution < -0.4 is 4.74 Å². The molecule has 0 unspecified atom stereocenters. The molecule has 2 rings (SSSR count). The van der Waals surface area contributed by atoms with Crippen LogP contribution in [0.1, 0.15) is 11.1 Å². The molecule has 0 aromatic heterocycles. The number of para-hydroxylation sites is 1. The topological polar surface area (TPSA) is 76.1 Å². The van der Waals surface area contributed by atoms with Crippen LogP contribution >= 0.6 is 0 Å². The normalized spacial score (nSPS) is 18.4. The van der Waals surface area contributed by atoms with Gasteiger partial charge in [0.05, 0.1) is 13.2 Å². The van der Waals surface area contributed by atoms with E-state index >= 15 is 0 Å². The highest BCUT2D eigenvalue weighted by Gasteiger charge is 2.32. The van der Waals surface area contributed by atoms with E-state index in [1.807, 2.05) is 32.0 Å². The first-order valence-electron chi connectivity index (χ1n) is 6.79. The summed E-state index contributed by atoms with van der Waals surface area (Å²) in [5.41, 5.74) is 1.89. The lowest BCUT2D eigenvalue weighted by Crippen LogP contribution is -2.53. The first kappa shape index (κ1) is 15.3. The summed E-state index contributed by atoms with van der Waals surface area (Å²) in [6, 6.07) is 4.79. The van der Waals surface area contributed by atoms with Crippen molar-refractivity contribution in [2.45, 2.75) is 19.9 Å². The predicted octanol–water partition coefficient (Wildman–Crippen LogP) is 0.994. The van der Waals surface area contributed by atoms with Crippen molar-refractivity contribution < 1.29 is 24.2 Å². The second kappa shape index (κ2) is 6.58. The number of carboxylic acids is 1. The maximum absolute atomic E-state index is 12.2. The van der Waals surface area contributed by atoms with Crippen LogP contribution in [0.15, 0.2) is 18.2 Å². The van der Waals surface area contributed by atoms with Gasteiger partial charge in [0.15, 0.2) is 12.6 Å². The quantitative estimate of drug-likeness (QED) is 0.896. The summed E-state index contributed by atoms with van der Waals surface area (Å²) < 4.78 is 10.7. The second-order valence-electron chi connectivity index (χ2n) is 5.03. The summed E-state index contributed by atoms with van der Waals surface area (Å²) in [6.07, 6.45) is 0. The molecule has 21 heavy (non-hydrogen) atoms. The van der Waals surface area contributed by atoms with Crippen LogP contribution in [0, 0.1) is 13.8 Å². The number of rotatable bonds is 4. The van der Waals surface area contributed by atoms with Gasteiger partial charge in [-0.3, -0.25) is 4.79 Å². The minimum absolute atomic E-state index is 0.0183. The average molecular weight is 293 g/mol.